The summed E-state index contributed by atoms with van der Waals surface area (Å²) in [6.45, 7) is 5.12. The van der Waals surface area contributed by atoms with Gasteiger partial charge in [0.15, 0.2) is 0 Å². The molecule has 3 rings (SSSR count). The molecule has 25 heavy (non-hydrogen) atoms. The van der Waals surface area contributed by atoms with Crippen molar-refractivity contribution in [2.24, 2.45) is 13.0 Å². The fraction of sp³-hybridized carbons (Fsp3) is 0.810. The van der Waals surface area contributed by atoms with Crippen molar-refractivity contribution in [3.63, 3.8) is 0 Å². The molecule has 1 amide bonds. The maximum absolute atomic E-state index is 13.4. The molecule has 0 radical (unpaired) electrons. The van der Waals surface area contributed by atoms with Gasteiger partial charge in [-0.25, -0.2) is 0 Å². The number of amides is 1. The second kappa shape index (κ2) is 8.37. The molecular weight excluding hydrogens is 310 g/mol. The standard InChI is InChI=1S/C21H35N3O/c1-4-9-16(10-5-2)21(25)24(17-11-6-7-12-17)15-19-18-13-8-14-20(18)23(3)22-19/h16-17H,4-15H2,1-3H3. The van der Waals surface area contributed by atoms with Gasteiger partial charge in [0.05, 0.1) is 12.2 Å². The number of hydrogen-bond donors (Lipinski definition) is 0. The molecule has 0 atom stereocenters. The Bertz CT molecular complexity index is 580. The minimum atomic E-state index is 0.201. The van der Waals surface area contributed by atoms with Gasteiger partial charge in [-0.15, -0.1) is 0 Å². The summed E-state index contributed by atoms with van der Waals surface area (Å²) < 4.78 is 2.06. The van der Waals surface area contributed by atoms with Gasteiger partial charge in [-0.05, 0) is 50.5 Å². The fourth-order valence-corrected chi connectivity index (χ4v) is 4.91. The lowest BCUT2D eigenvalue weighted by molar-refractivity contribution is -0.139. The highest BCUT2D eigenvalue weighted by Gasteiger charge is 2.32. The van der Waals surface area contributed by atoms with E-state index in [4.69, 9.17) is 5.10 Å². The zero-order chi connectivity index (χ0) is 17.8. The van der Waals surface area contributed by atoms with Crippen molar-refractivity contribution in [1.29, 1.82) is 0 Å². The quantitative estimate of drug-likeness (QED) is 0.700. The molecule has 2 aliphatic rings. The Balaban J connectivity index is 1.82. The van der Waals surface area contributed by atoms with E-state index in [1.165, 1.54) is 49.1 Å². The molecule has 0 bridgehead atoms. The molecule has 0 saturated heterocycles. The monoisotopic (exact) mass is 345 g/mol. The topological polar surface area (TPSA) is 38.1 Å². The molecule has 0 aromatic carbocycles. The zero-order valence-corrected chi connectivity index (χ0v) is 16.4. The molecular formula is C21H35N3O. The lowest BCUT2D eigenvalue weighted by atomic mass is 9.95. The molecule has 1 heterocycles. The van der Waals surface area contributed by atoms with E-state index in [1.54, 1.807) is 0 Å². The van der Waals surface area contributed by atoms with Crippen LogP contribution in [0.4, 0.5) is 0 Å². The van der Waals surface area contributed by atoms with Crippen molar-refractivity contribution < 1.29 is 4.79 Å². The first-order valence-electron chi connectivity index (χ1n) is 10.5. The van der Waals surface area contributed by atoms with Crippen molar-refractivity contribution in [3.05, 3.63) is 17.0 Å². The Morgan fingerprint density at radius 1 is 1.16 bits per heavy atom. The van der Waals surface area contributed by atoms with Gasteiger partial charge < -0.3 is 4.90 Å². The Labute approximate surface area is 153 Å². The maximum Gasteiger partial charge on any atom is 0.226 e. The molecule has 4 heteroatoms. The average molecular weight is 346 g/mol. The first-order valence-corrected chi connectivity index (χ1v) is 10.5. The Hall–Kier alpha value is -1.32. The van der Waals surface area contributed by atoms with Crippen LogP contribution in [-0.2, 0) is 31.2 Å². The van der Waals surface area contributed by atoms with Gasteiger partial charge in [-0.1, -0.05) is 39.5 Å². The van der Waals surface area contributed by atoms with Crippen molar-refractivity contribution in [2.75, 3.05) is 0 Å². The van der Waals surface area contributed by atoms with Gasteiger partial charge >= 0.3 is 0 Å². The summed E-state index contributed by atoms with van der Waals surface area (Å²) in [4.78, 5) is 15.6. The summed E-state index contributed by atoms with van der Waals surface area (Å²) in [6.07, 6.45) is 12.6. The third kappa shape index (κ3) is 3.93. The van der Waals surface area contributed by atoms with Crippen LogP contribution in [0.3, 0.4) is 0 Å². The molecule has 4 nitrogen and oxygen atoms in total. The molecule has 0 unspecified atom stereocenters. The molecule has 1 fully saturated rings. The van der Waals surface area contributed by atoms with Crippen LogP contribution in [0.2, 0.25) is 0 Å². The summed E-state index contributed by atoms with van der Waals surface area (Å²) in [6, 6.07) is 0.433. The van der Waals surface area contributed by atoms with Crippen molar-refractivity contribution >= 4 is 5.91 Å². The molecule has 0 aliphatic heterocycles. The second-order valence-corrected chi connectivity index (χ2v) is 8.03. The van der Waals surface area contributed by atoms with E-state index in [9.17, 15) is 4.79 Å². The first-order chi connectivity index (χ1) is 12.2. The minimum Gasteiger partial charge on any atom is -0.333 e. The van der Waals surface area contributed by atoms with Gasteiger partial charge in [0.2, 0.25) is 5.91 Å². The van der Waals surface area contributed by atoms with E-state index in [2.05, 4.69) is 30.5 Å². The highest BCUT2D eigenvalue weighted by atomic mass is 16.2. The van der Waals surface area contributed by atoms with Crippen LogP contribution in [0.1, 0.15) is 88.6 Å². The molecule has 1 aromatic rings. The lowest BCUT2D eigenvalue weighted by Gasteiger charge is -2.32. The molecule has 140 valence electrons. The van der Waals surface area contributed by atoms with E-state index in [0.717, 1.165) is 45.1 Å². The number of hydrogen-bond acceptors (Lipinski definition) is 2. The number of rotatable bonds is 8. The molecule has 0 spiro atoms. The number of aromatic nitrogens is 2. The Morgan fingerprint density at radius 3 is 2.48 bits per heavy atom. The number of carbonyl (C=O) groups excluding carboxylic acids is 1. The molecule has 1 aromatic heterocycles. The van der Waals surface area contributed by atoms with Crippen LogP contribution in [-0.4, -0.2) is 26.6 Å². The normalized spacial score (nSPS) is 17.4. The first kappa shape index (κ1) is 18.5. The fourth-order valence-electron chi connectivity index (χ4n) is 4.91. The van der Waals surface area contributed by atoms with E-state index >= 15 is 0 Å². The van der Waals surface area contributed by atoms with Crippen molar-refractivity contribution in [2.45, 2.75) is 97.1 Å². The minimum absolute atomic E-state index is 0.201. The van der Waals surface area contributed by atoms with Crippen molar-refractivity contribution in [3.8, 4) is 0 Å². The van der Waals surface area contributed by atoms with Crippen LogP contribution in [0.25, 0.3) is 0 Å². The van der Waals surface area contributed by atoms with E-state index in [-0.39, 0.29) is 5.92 Å². The van der Waals surface area contributed by atoms with Gasteiger partial charge in [0, 0.05) is 24.7 Å². The zero-order valence-electron chi connectivity index (χ0n) is 16.4. The summed E-state index contributed by atoms with van der Waals surface area (Å²) in [5.41, 5.74) is 4.00. The van der Waals surface area contributed by atoms with Gasteiger partial charge in [-0.2, -0.15) is 5.10 Å². The summed E-state index contributed by atoms with van der Waals surface area (Å²) >= 11 is 0. The number of aryl methyl sites for hydroxylation is 1. The Morgan fingerprint density at radius 2 is 1.84 bits per heavy atom. The number of nitrogens with zero attached hydrogens (tertiary/aromatic N) is 3. The third-order valence-corrected chi connectivity index (χ3v) is 6.19. The van der Waals surface area contributed by atoms with Crippen LogP contribution in [0, 0.1) is 5.92 Å². The van der Waals surface area contributed by atoms with Gasteiger partial charge in [-0.3, -0.25) is 9.48 Å². The predicted molar refractivity (Wildman–Crippen MR) is 101 cm³/mol. The molecule has 1 saturated carbocycles. The smallest absolute Gasteiger partial charge is 0.226 e. The Kier molecular flexibility index (Phi) is 6.19. The molecule has 0 N–H and O–H groups in total. The van der Waals surface area contributed by atoms with E-state index in [0.29, 0.717) is 11.9 Å². The van der Waals surface area contributed by atoms with Crippen molar-refractivity contribution in [1.82, 2.24) is 14.7 Å². The highest BCUT2D eigenvalue weighted by Crippen LogP contribution is 2.31. The van der Waals surface area contributed by atoms with Gasteiger partial charge in [0.1, 0.15) is 0 Å². The van der Waals surface area contributed by atoms with E-state index < -0.39 is 0 Å². The summed E-state index contributed by atoms with van der Waals surface area (Å²) in [5.74, 6) is 0.598. The van der Waals surface area contributed by atoms with Crippen LogP contribution in [0.15, 0.2) is 0 Å². The number of carbonyl (C=O) groups is 1. The SMILES string of the molecule is CCCC(CCC)C(=O)N(Cc1nn(C)c2c1CCC2)C1CCCC1. The van der Waals surface area contributed by atoms with Crippen LogP contribution >= 0.6 is 0 Å². The largest absolute Gasteiger partial charge is 0.333 e. The van der Waals surface area contributed by atoms with Crippen LogP contribution in [0.5, 0.6) is 0 Å². The maximum atomic E-state index is 13.4. The lowest BCUT2D eigenvalue weighted by Crippen LogP contribution is -2.42. The average Bonchev–Trinajstić information content (AvgIpc) is 3.32. The van der Waals surface area contributed by atoms with Gasteiger partial charge in [0.25, 0.3) is 0 Å². The predicted octanol–water partition coefficient (Wildman–Crippen LogP) is 4.40. The number of fused-ring (bicyclic) bond motifs is 1. The highest BCUT2D eigenvalue weighted by molar-refractivity contribution is 5.79. The summed E-state index contributed by atoms with van der Waals surface area (Å²) in [5, 5.41) is 4.80. The summed E-state index contributed by atoms with van der Waals surface area (Å²) in [7, 11) is 2.06. The van der Waals surface area contributed by atoms with Crippen LogP contribution < -0.4 is 0 Å². The second-order valence-electron chi connectivity index (χ2n) is 8.03. The van der Waals surface area contributed by atoms with E-state index in [1.807, 2.05) is 0 Å². The molecule has 2 aliphatic carbocycles. The third-order valence-electron chi connectivity index (χ3n) is 6.19.